The van der Waals surface area contributed by atoms with E-state index in [4.69, 9.17) is 0 Å². The quantitative estimate of drug-likeness (QED) is 0.703. The Morgan fingerprint density at radius 2 is 1.93 bits per heavy atom. The van der Waals surface area contributed by atoms with E-state index in [2.05, 4.69) is 9.84 Å². The molecule has 30 heavy (non-hydrogen) atoms. The predicted octanol–water partition coefficient (Wildman–Crippen LogP) is 2.63. The second-order valence-corrected chi connectivity index (χ2v) is 7.48. The maximum atomic E-state index is 13.6. The van der Waals surface area contributed by atoms with Gasteiger partial charge in [-0.3, -0.25) is 9.36 Å². The van der Waals surface area contributed by atoms with Gasteiger partial charge >= 0.3 is 12.1 Å². The predicted molar refractivity (Wildman–Crippen MR) is 96.5 cm³/mol. The van der Waals surface area contributed by atoms with E-state index in [-0.39, 0.29) is 18.0 Å². The molecule has 0 aliphatic carbocycles. The summed E-state index contributed by atoms with van der Waals surface area (Å²) >= 11 is 0. The lowest BCUT2D eigenvalue weighted by Crippen LogP contribution is -2.41. The molecule has 1 fully saturated rings. The van der Waals surface area contributed by atoms with Crippen molar-refractivity contribution in [1.29, 1.82) is 0 Å². The molecule has 1 amide bonds. The number of likely N-dealkylation sites (tertiary alicyclic amines) is 1. The maximum absolute atomic E-state index is 13.6. The van der Waals surface area contributed by atoms with Crippen molar-refractivity contribution in [2.75, 3.05) is 13.1 Å². The molecule has 0 radical (unpaired) electrons. The van der Waals surface area contributed by atoms with Crippen LogP contribution in [0, 0.1) is 5.82 Å². The van der Waals surface area contributed by atoms with Crippen LogP contribution in [-0.2, 0) is 17.8 Å². The number of hydrogen-bond donors (Lipinski definition) is 0. The van der Waals surface area contributed by atoms with Crippen LogP contribution in [0.15, 0.2) is 23.0 Å². The average Bonchev–Trinajstić information content (AvgIpc) is 3.32. The third-order valence-electron chi connectivity index (χ3n) is 5.39. The van der Waals surface area contributed by atoms with Crippen molar-refractivity contribution in [3.63, 3.8) is 0 Å². The summed E-state index contributed by atoms with van der Waals surface area (Å²) in [4.78, 5) is 27.6. The van der Waals surface area contributed by atoms with Crippen LogP contribution in [-0.4, -0.2) is 44.6 Å². The first kappa shape index (κ1) is 20.4. The molecular formula is C19H20F4N4O3. The van der Waals surface area contributed by atoms with Gasteiger partial charge in [0.25, 0.3) is 0 Å². The zero-order chi connectivity index (χ0) is 21.5. The van der Waals surface area contributed by atoms with Gasteiger partial charge in [-0.05, 0) is 43.4 Å². The summed E-state index contributed by atoms with van der Waals surface area (Å²) in [5.74, 6) is -1.77. The van der Waals surface area contributed by atoms with E-state index in [9.17, 15) is 27.2 Å². The molecule has 2 aliphatic heterocycles. The van der Waals surface area contributed by atoms with E-state index in [0.717, 1.165) is 29.7 Å². The Morgan fingerprint density at radius 3 is 2.63 bits per heavy atom. The number of amides is 1. The zero-order valence-electron chi connectivity index (χ0n) is 16.0. The first-order valence-corrected chi connectivity index (χ1v) is 9.74. The maximum Gasteiger partial charge on any atom is 0.573 e. The Kier molecular flexibility index (Phi) is 5.29. The summed E-state index contributed by atoms with van der Waals surface area (Å²) in [5, 5.41) is 4.27. The smallest absolute Gasteiger partial charge is 0.403 e. The monoisotopic (exact) mass is 428 g/mol. The lowest BCUT2D eigenvalue weighted by Gasteiger charge is -2.27. The van der Waals surface area contributed by atoms with Crippen LogP contribution in [0.3, 0.4) is 0 Å². The zero-order valence-corrected chi connectivity index (χ0v) is 16.0. The van der Waals surface area contributed by atoms with Crippen molar-refractivity contribution in [3.8, 4) is 5.75 Å². The fourth-order valence-electron chi connectivity index (χ4n) is 4.04. The first-order chi connectivity index (χ1) is 14.2. The number of carbonyl (C=O) groups excluding carboxylic acids is 1. The number of aromatic nitrogens is 3. The third kappa shape index (κ3) is 4.05. The van der Waals surface area contributed by atoms with E-state index in [1.165, 1.54) is 10.6 Å². The molecule has 1 aromatic heterocycles. The Morgan fingerprint density at radius 1 is 1.20 bits per heavy atom. The number of carbonyl (C=O) groups is 1. The van der Waals surface area contributed by atoms with Gasteiger partial charge in [-0.1, -0.05) is 6.07 Å². The van der Waals surface area contributed by atoms with Crippen molar-refractivity contribution in [2.24, 2.45) is 0 Å². The fraction of sp³-hybridized carbons (Fsp3) is 0.526. The van der Waals surface area contributed by atoms with Gasteiger partial charge in [-0.25, -0.2) is 13.9 Å². The molecule has 0 N–H and O–H groups in total. The van der Waals surface area contributed by atoms with Crippen LogP contribution < -0.4 is 10.4 Å². The Balaban J connectivity index is 1.61. The minimum Gasteiger partial charge on any atom is -0.403 e. The number of fused-ring (bicyclic) bond motifs is 1. The number of aryl methyl sites for hydroxylation is 1. The van der Waals surface area contributed by atoms with E-state index in [0.29, 0.717) is 38.2 Å². The molecule has 0 bridgehead atoms. The highest BCUT2D eigenvalue weighted by atomic mass is 19.4. The number of hydrogen-bond acceptors (Lipinski definition) is 4. The molecule has 1 saturated heterocycles. The van der Waals surface area contributed by atoms with E-state index in [1.54, 1.807) is 4.90 Å². The first-order valence-electron chi connectivity index (χ1n) is 9.74. The molecule has 1 unspecified atom stereocenters. The van der Waals surface area contributed by atoms with Gasteiger partial charge < -0.3 is 9.64 Å². The molecule has 11 heteroatoms. The van der Waals surface area contributed by atoms with Crippen molar-refractivity contribution < 1.29 is 27.1 Å². The Labute approximate surface area is 168 Å². The molecule has 7 nitrogen and oxygen atoms in total. The van der Waals surface area contributed by atoms with Crippen molar-refractivity contribution in [1.82, 2.24) is 19.2 Å². The van der Waals surface area contributed by atoms with E-state index < -0.39 is 29.7 Å². The molecule has 2 aromatic rings. The van der Waals surface area contributed by atoms with Gasteiger partial charge in [-0.15, -0.1) is 13.2 Å². The van der Waals surface area contributed by atoms with Crippen LogP contribution >= 0.6 is 0 Å². The highest BCUT2D eigenvalue weighted by Gasteiger charge is 2.35. The standard InChI is InChI=1S/C19H20F4N4O3/c20-13-7-6-12(10-15(13)30-19(21,22)23)11-26-18(29)27-14(4-3-5-16(27)24-26)17(28)25-8-1-2-9-25/h6-7,10,14H,1-5,8-9,11H2. The van der Waals surface area contributed by atoms with Crippen LogP contribution in [0.1, 0.15) is 43.1 Å². The number of halogens is 4. The van der Waals surface area contributed by atoms with Gasteiger partial charge in [0.05, 0.1) is 6.54 Å². The van der Waals surface area contributed by atoms with E-state index >= 15 is 0 Å². The van der Waals surface area contributed by atoms with Crippen LogP contribution in [0.25, 0.3) is 0 Å². The summed E-state index contributed by atoms with van der Waals surface area (Å²) < 4.78 is 57.2. The number of rotatable bonds is 4. The van der Waals surface area contributed by atoms with Crippen LogP contribution in [0.4, 0.5) is 17.6 Å². The molecule has 0 saturated carbocycles. The van der Waals surface area contributed by atoms with Gasteiger partial charge in [0, 0.05) is 19.5 Å². The van der Waals surface area contributed by atoms with Crippen molar-refractivity contribution in [3.05, 3.63) is 45.9 Å². The number of benzene rings is 1. The number of ether oxygens (including phenoxy) is 1. The highest BCUT2D eigenvalue weighted by molar-refractivity contribution is 5.80. The minimum absolute atomic E-state index is 0.0993. The Bertz CT molecular complexity index is 1010. The van der Waals surface area contributed by atoms with Crippen molar-refractivity contribution in [2.45, 2.75) is 51.1 Å². The molecule has 2 aliphatic rings. The molecule has 1 aromatic carbocycles. The van der Waals surface area contributed by atoms with Gasteiger partial charge in [0.15, 0.2) is 11.6 Å². The lowest BCUT2D eigenvalue weighted by molar-refractivity contribution is -0.275. The largest absolute Gasteiger partial charge is 0.573 e. The molecule has 4 rings (SSSR count). The summed E-state index contributed by atoms with van der Waals surface area (Å²) in [7, 11) is 0. The summed E-state index contributed by atoms with van der Waals surface area (Å²) in [6.45, 7) is 1.17. The molecule has 1 atom stereocenters. The van der Waals surface area contributed by atoms with Gasteiger partial charge in [-0.2, -0.15) is 5.10 Å². The SMILES string of the molecule is O=C(C1CCCc2nn(Cc3ccc(F)c(OC(F)(F)F)c3)c(=O)n21)N1CCCC1. The number of nitrogens with zero attached hydrogens (tertiary/aromatic N) is 4. The normalized spacial score (nSPS) is 19.1. The lowest BCUT2D eigenvalue weighted by atomic mass is 10.0. The second-order valence-electron chi connectivity index (χ2n) is 7.48. The fourth-order valence-corrected chi connectivity index (χ4v) is 4.04. The van der Waals surface area contributed by atoms with Gasteiger partial charge in [0.2, 0.25) is 5.91 Å². The summed E-state index contributed by atoms with van der Waals surface area (Å²) in [6, 6.07) is 2.37. The minimum atomic E-state index is -5.03. The number of alkyl halides is 3. The topological polar surface area (TPSA) is 69.4 Å². The van der Waals surface area contributed by atoms with Crippen LogP contribution in [0.2, 0.25) is 0 Å². The van der Waals surface area contributed by atoms with Crippen molar-refractivity contribution >= 4 is 5.91 Å². The van der Waals surface area contributed by atoms with Crippen LogP contribution in [0.5, 0.6) is 5.75 Å². The summed E-state index contributed by atoms with van der Waals surface area (Å²) in [5.41, 5.74) is -0.291. The summed E-state index contributed by atoms with van der Waals surface area (Å²) in [6.07, 6.45) is -1.39. The second kappa shape index (κ2) is 7.77. The molecule has 3 heterocycles. The van der Waals surface area contributed by atoms with E-state index in [1.807, 2.05) is 0 Å². The molecule has 162 valence electrons. The third-order valence-corrected chi connectivity index (χ3v) is 5.39. The Hall–Kier alpha value is -2.85. The molecule has 0 spiro atoms. The average molecular weight is 428 g/mol. The molecular weight excluding hydrogens is 408 g/mol. The van der Waals surface area contributed by atoms with Gasteiger partial charge in [0.1, 0.15) is 11.9 Å². The highest BCUT2D eigenvalue weighted by Crippen LogP contribution is 2.28.